The molecule has 3 heterocycles. The molecule has 2 aromatic heterocycles. The molecule has 1 saturated heterocycles. The molecule has 0 unspecified atom stereocenters. The van der Waals surface area contributed by atoms with E-state index in [1.807, 2.05) is 11.8 Å². The SMILES string of the molecule is CC[C@H]1CN(C(=O)Nc2ccc(OC(F)(F)F)cc2C)CCN1c1nc(N)nc2c(Cl)cnn12. The Balaban J connectivity index is 1.48. The highest BCUT2D eigenvalue weighted by Gasteiger charge is 2.33. The van der Waals surface area contributed by atoms with Crippen molar-refractivity contribution >= 4 is 40.9 Å². The number of carbonyl (C=O) groups excluding carboxylic acids is 1. The molecular formula is C20H22ClF3N8O2. The Kier molecular flexibility index (Phi) is 6.30. The minimum atomic E-state index is -4.78. The first-order chi connectivity index (χ1) is 16.1. The molecule has 2 amide bonds. The Labute approximate surface area is 197 Å². The third-order valence-corrected chi connectivity index (χ3v) is 5.76. The second-order valence-corrected chi connectivity index (χ2v) is 8.17. The fourth-order valence-corrected chi connectivity index (χ4v) is 4.02. The van der Waals surface area contributed by atoms with Crippen molar-refractivity contribution in [1.29, 1.82) is 0 Å². The molecule has 0 bridgehead atoms. The molecule has 3 N–H and O–H groups in total. The zero-order valence-electron chi connectivity index (χ0n) is 18.3. The summed E-state index contributed by atoms with van der Waals surface area (Å²) in [6, 6.07) is 3.30. The number of hydrogen-bond donors (Lipinski definition) is 2. The van der Waals surface area contributed by atoms with Crippen LogP contribution in [0, 0.1) is 6.92 Å². The van der Waals surface area contributed by atoms with Crippen molar-refractivity contribution in [2.75, 3.05) is 35.6 Å². The average Bonchev–Trinajstić information content (AvgIpc) is 3.14. The van der Waals surface area contributed by atoms with Gasteiger partial charge in [0.25, 0.3) is 0 Å². The largest absolute Gasteiger partial charge is 0.573 e. The van der Waals surface area contributed by atoms with Crippen LogP contribution in [0.25, 0.3) is 5.65 Å². The van der Waals surface area contributed by atoms with E-state index in [9.17, 15) is 18.0 Å². The van der Waals surface area contributed by atoms with Crippen molar-refractivity contribution in [1.82, 2.24) is 24.5 Å². The topological polar surface area (TPSA) is 114 Å². The number of benzene rings is 1. The van der Waals surface area contributed by atoms with E-state index in [-0.39, 0.29) is 23.8 Å². The number of amides is 2. The lowest BCUT2D eigenvalue weighted by Gasteiger charge is -2.41. The van der Waals surface area contributed by atoms with Crippen molar-refractivity contribution in [3.8, 4) is 5.75 Å². The Morgan fingerprint density at radius 3 is 2.76 bits per heavy atom. The monoisotopic (exact) mass is 498 g/mol. The normalized spacial score (nSPS) is 16.7. The lowest BCUT2D eigenvalue weighted by Crippen LogP contribution is -2.56. The summed E-state index contributed by atoms with van der Waals surface area (Å²) in [7, 11) is 0. The summed E-state index contributed by atoms with van der Waals surface area (Å²) in [6.45, 7) is 4.78. The van der Waals surface area contributed by atoms with Crippen molar-refractivity contribution in [3.05, 3.63) is 35.0 Å². The van der Waals surface area contributed by atoms with Gasteiger partial charge in [-0.3, -0.25) is 0 Å². The maximum absolute atomic E-state index is 12.9. The minimum absolute atomic E-state index is 0.0633. The predicted octanol–water partition coefficient (Wildman–Crippen LogP) is 3.70. The van der Waals surface area contributed by atoms with E-state index in [1.54, 1.807) is 11.8 Å². The van der Waals surface area contributed by atoms with E-state index in [1.165, 1.54) is 22.8 Å². The molecule has 1 fully saturated rings. The van der Waals surface area contributed by atoms with Crippen LogP contribution in [0.3, 0.4) is 0 Å². The summed E-state index contributed by atoms with van der Waals surface area (Å²) in [5.41, 5.74) is 7.10. The number of hydrogen-bond acceptors (Lipinski definition) is 7. The molecule has 1 aromatic carbocycles. The number of nitrogens with two attached hydrogens (primary N) is 1. The summed E-state index contributed by atoms with van der Waals surface area (Å²) in [6.07, 6.45) is -2.62. The van der Waals surface area contributed by atoms with Gasteiger partial charge < -0.3 is 25.6 Å². The van der Waals surface area contributed by atoms with E-state index in [2.05, 4.69) is 25.1 Å². The summed E-state index contributed by atoms with van der Waals surface area (Å²) >= 11 is 6.15. The quantitative estimate of drug-likeness (QED) is 0.563. The summed E-state index contributed by atoms with van der Waals surface area (Å²) in [5, 5.41) is 7.35. The molecule has 3 aromatic rings. The van der Waals surface area contributed by atoms with Crippen LogP contribution in [0.4, 0.5) is 35.5 Å². The number of fused-ring (bicyclic) bond motifs is 1. The third-order valence-electron chi connectivity index (χ3n) is 5.50. The predicted molar refractivity (Wildman–Crippen MR) is 120 cm³/mol. The molecule has 34 heavy (non-hydrogen) atoms. The Hall–Kier alpha value is -3.48. The molecule has 1 atom stereocenters. The van der Waals surface area contributed by atoms with Crippen LogP contribution in [-0.4, -0.2) is 62.6 Å². The second kappa shape index (κ2) is 9.05. The number of urea groups is 1. The fourth-order valence-electron chi connectivity index (χ4n) is 3.86. The molecule has 0 saturated carbocycles. The van der Waals surface area contributed by atoms with Crippen LogP contribution in [0.2, 0.25) is 5.02 Å². The number of ether oxygens (including phenoxy) is 1. The van der Waals surface area contributed by atoms with Crippen molar-refractivity contribution in [2.24, 2.45) is 0 Å². The Bertz CT molecular complexity index is 1220. The Morgan fingerprint density at radius 2 is 2.09 bits per heavy atom. The van der Waals surface area contributed by atoms with E-state index in [0.29, 0.717) is 53.9 Å². The van der Waals surface area contributed by atoms with Crippen molar-refractivity contribution < 1.29 is 22.7 Å². The van der Waals surface area contributed by atoms with Crippen LogP contribution < -0.4 is 20.7 Å². The zero-order chi connectivity index (χ0) is 24.6. The van der Waals surface area contributed by atoms with Gasteiger partial charge in [0.15, 0.2) is 5.65 Å². The van der Waals surface area contributed by atoms with Gasteiger partial charge in [-0.15, -0.1) is 13.2 Å². The van der Waals surface area contributed by atoms with Gasteiger partial charge in [0.05, 0.1) is 6.20 Å². The maximum atomic E-state index is 12.9. The molecule has 1 aliphatic heterocycles. The number of anilines is 3. The number of aromatic nitrogens is 4. The highest BCUT2D eigenvalue weighted by atomic mass is 35.5. The molecule has 1 aliphatic rings. The van der Waals surface area contributed by atoms with Crippen molar-refractivity contribution in [2.45, 2.75) is 32.7 Å². The van der Waals surface area contributed by atoms with Crippen LogP contribution in [0.5, 0.6) is 5.75 Å². The van der Waals surface area contributed by atoms with Gasteiger partial charge in [0.2, 0.25) is 11.9 Å². The maximum Gasteiger partial charge on any atom is 0.573 e. The van der Waals surface area contributed by atoms with E-state index >= 15 is 0 Å². The number of nitrogen functional groups attached to an aromatic ring is 1. The van der Waals surface area contributed by atoms with Gasteiger partial charge in [0, 0.05) is 31.4 Å². The van der Waals surface area contributed by atoms with Gasteiger partial charge in [-0.1, -0.05) is 18.5 Å². The van der Waals surface area contributed by atoms with Crippen LogP contribution in [0.15, 0.2) is 24.4 Å². The number of nitrogens with one attached hydrogen (secondary N) is 1. The van der Waals surface area contributed by atoms with Gasteiger partial charge in [-0.2, -0.15) is 19.6 Å². The number of aryl methyl sites for hydroxylation is 1. The first-order valence-corrected chi connectivity index (χ1v) is 10.8. The van der Waals surface area contributed by atoms with Gasteiger partial charge in [0.1, 0.15) is 10.8 Å². The zero-order valence-corrected chi connectivity index (χ0v) is 19.1. The number of alkyl halides is 3. The molecule has 0 spiro atoms. The van der Waals surface area contributed by atoms with Crippen molar-refractivity contribution in [3.63, 3.8) is 0 Å². The lowest BCUT2D eigenvalue weighted by atomic mass is 10.1. The van der Waals surface area contributed by atoms with Crippen LogP contribution in [0.1, 0.15) is 18.9 Å². The average molecular weight is 499 g/mol. The first-order valence-electron chi connectivity index (χ1n) is 10.4. The van der Waals surface area contributed by atoms with E-state index in [0.717, 1.165) is 6.07 Å². The van der Waals surface area contributed by atoms with Gasteiger partial charge in [-0.05, 0) is 37.1 Å². The van der Waals surface area contributed by atoms with E-state index in [4.69, 9.17) is 17.3 Å². The number of nitrogens with zero attached hydrogens (tertiary/aromatic N) is 6. The fraction of sp³-hybridized carbons (Fsp3) is 0.400. The van der Waals surface area contributed by atoms with Crippen LogP contribution >= 0.6 is 11.6 Å². The highest BCUT2D eigenvalue weighted by molar-refractivity contribution is 6.33. The molecule has 14 heteroatoms. The van der Waals surface area contributed by atoms with E-state index < -0.39 is 6.36 Å². The number of rotatable bonds is 4. The minimum Gasteiger partial charge on any atom is -0.406 e. The molecule has 0 aliphatic carbocycles. The summed E-state index contributed by atoms with van der Waals surface area (Å²) in [4.78, 5) is 25.0. The molecular weight excluding hydrogens is 477 g/mol. The standard InChI is InChI=1S/C20H22ClF3N8O2/c1-3-12-10-30(19(33)27-15-5-4-13(8-11(15)2)34-20(22,23)24)6-7-31(12)18-29-17(25)28-16-14(21)9-26-32(16)18/h4-5,8-9,12H,3,6-7,10H2,1-2H3,(H2,25,28)(H,27,33)/t12-/m0/s1. The van der Waals surface area contributed by atoms with Gasteiger partial charge in [-0.25, -0.2) is 4.79 Å². The summed E-state index contributed by atoms with van der Waals surface area (Å²) < 4.78 is 42.7. The molecule has 0 radical (unpaired) electrons. The number of carbonyl (C=O) groups is 1. The van der Waals surface area contributed by atoms with Gasteiger partial charge >= 0.3 is 12.4 Å². The molecule has 182 valence electrons. The second-order valence-electron chi connectivity index (χ2n) is 7.77. The number of halogens is 4. The van der Waals surface area contributed by atoms with Crippen LogP contribution in [-0.2, 0) is 0 Å². The summed E-state index contributed by atoms with van der Waals surface area (Å²) in [5.74, 6) is 0.197. The lowest BCUT2D eigenvalue weighted by molar-refractivity contribution is -0.274. The molecule has 10 nitrogen and oxygen atoms in total. The smallest absolute Gasteiger partial charge is 0.406 e. The third kappa shape index (κ3) is 4.88. The Morgan fingerprint density at radius 1 is 1.32 bits per heavy atom. The molecule has 4 rings (SSSR count). The highest BCUT2D eigenvalue weighted by Crippen LogP contribution is 2.28. The first kappa shape index (κ1) is 23.7. The number of piperazine rings is 1.